The number of nitrogens with zero attached hydrogens (tertiary/aromatic N) is 4. The van der Waals surface area contributed by atoms with Gasteiger partial charge in [-0.3, -0.25) is 19.5 Å². The average Bonchev–Trinajstić information content (AvgIpc) is 3.32. The zero-order valence-electron chi connectivity index (χ0n) is 21.4. The summed E-state index contributed by atoms with van der Waals surface area (Å²) in [6.45, 7) is 2.53. The van der Waals surface area contributed by atoms with Gasteiger partial charge in [-0.05, 0) is 68.2 Å². The Morgan fingerprint density at radius 1 is 1.14 bits per heavy atom. The molecule has 1 saturated heterocycles. The molecule has 1 aliphatic heterocycles. The first kappa shape index (κ1) is 26.5. The highest BCUT2D eigenvalue weighted by molar-refractivity contribution is 6.08. The molecule has 1 aliphatic rings. The number of nitriles is 1. The lowest BCUT2D eigenvalue weighted by molar-refractivity contribution is -0.127. The normalized spacial score (nSPS) is 14.1. The van der Waals surface area contributed by atoms with Crippen LogP contribution in [-0.4, -0.2) is 72.8 Å². The van der Waals surface area contributed by atoms with Crippen LogP contribution in [0.3, 0.4) is 0 Å². The molecule has 1 aromatic carbocycles. The van der Waals surface area contributed by atoms with Gasteiger partial charge in [0, 0.05) is 38.7 Å². The molecule has 1 fully saturated rings. The van der Waals surface area contributed by atoms with Crippen LogP contribution >= 0.6 is 0 Å². The molecule has 0 aliphatic carbocycles. The van der Waals surface area contributed by atoms with Gasteiger partial charge < -0.3 is 19.4 Å². The number of Topliss-reactive ketones (excluding diaryl/α,β-unsaturated/α-hetero) is 1. The number of likely N-dealkylation sites (tertiary alicyclic amines) is 1. The molecule has 9 nitrogen and oxygen atoms in total. The first-order valence-electron chi connectivity index (χ1n) is 12.6. The average molecular weight is 504 g/mol. The summed E-state index contributed by atoms with van der Waals surface area (Å²) in [6.07, 6.45) is 7.32. The van der Waals surface area contributed by atoms with E-state index in [1.165, 1.54) is 20.6 Å². The molecule has 0 radical (unpaired) electrons. The summed E-state index contributed by atoms with van der Waals surface area (Å²) >= 11 is 0. The minimum atomic E-state index is -0.487. The van der Waals surface area contributed by atoms with Gasteiger partial charge in [-0.25, -0.2) is 0 Å². The predicted molar refractivity (Wildman–Crippen MR) is 140 cm³/mol. The van der Waals surface area contributed by atoms with E-state index in [1.807, 2.05) is 29.0 Å². The van der Waals surface area contributed by atoms with Crippen molar-refractivity contribution >= 4 is 22.7 Å². The van der Waals surface area contributed by atoms with Gasteiger partial charge >= 0.3 is 0 Å². The van der Waals surface area contributed by atoms with Crippen molar-refractivity contribution < 1.29 is 19.1 Å². The highest BCUT2D eigenvalue weighted by Crippen LogP contribution is 2.26. The van der Waals surface area contributed by atoms with Crippen molar-refractivity contribution in [1.29, 1.82) is 5.26 Å². The number of aryl methyl sites for hydroxylation is 1. The zero-order valence-corrected chi connectivity index (χ0v) is 21.4. The van der Waals surface area contributed by atoms with Crippen molar-refractivity contribution in [2.24, 2.45) is 0 Å². The van der Waals surface area contributed by atoms with Crippen LogP contribution in [0, 0.1) is 11.3 Å². The number of aromatic nitrogens is 2. The summed E-state index contributed by atoms with van der Waals surface area (Å²) in [5.74, 6) is -0.0659. The summed E-state index contributed by atoms with van der Waals surface area (Å²) in [5, 5.41) is 12.0. The van der Waals surface area contributed by atoms with E-state index in [0.717, 1.165) is 42.7 Å². The van der Waals surface area contributed by atoms with Crippen LogP contribution in [0.1, 0.15) is 47.2 Å². The van der Waals surface area contributed by atoms with Crippen molar-refractivity contribution in [1.82, 2.24) is 19.8 Å². The lowest BCUT2D eigenvalue weighted by atomic mass is 10.1. The van der Waals surface area contributed by atoms with Crippen LogP contribution < -0.4 is 5.32 Å². The second-order valence-electron chi connectivity index (χ2n) is 9.25. The Hall–Kier alpha value is -3.58. The molecule has 0 bridgehead atoms. The standard InChI is InChI=1S/C28H33N5O4/c1-36-27(37-2)17-30-26(35)11-8-21-14-24-28(31-16-21)23(25(34)19-32-12-4-3-5-13-32)18-33(24)22-9-6-20(15-29)7-10-22/h6-7,9-10,14,16,18,27H,3-5,8,11-13,17,19H2,1-2H3,(H,30,35). The van der Waals surface area contributed by atoms with E-state index in [4.69, 9.17) is 9.47 Å². The van der Waals surface area contributed by atoms with Crippen molar-refractivity contribution in [3.8, 4) is 11.8 Å². The van der Waals surface area contributed by atoms with Gasteiger partial charge in [-0.1, -0.05) is 6.42 Å². The molecule has 1 amide bonds. The first-order valence-corrected chi connectivity index (χ1v) is 12.6. The second kappa shape index (κ2) is 12.6. The SMILES string of the molecule is COC(CNC(=O)CCc1cnc2c(C(=O)CN3CCCCC3)cn(-c3ccc(C#N)cc3)c2c1)OC. The zero-order chi connectivity index (χ0) is 26.2. The number of fused-ring (bicyclic) bond motifs is 1. The van der Waals surface area contributed by atoms with Gasteiger partial charge in [0.2, 0.25) is 5.91 Å². The molecular weight excluding hydrogens is 470 g/mol. The smallest absolute Gasteiger partial charge is 0.220 e. The van der Waals surface area contributed by atoms with Gasteiger partial charge in [-0.2, -0.15) is 5.26 Å². The third kappa shape index (κ3) is 6.60. The largest absolute Gasteiger partial charge is 0.354 e. The van der Waals surface area contributed by atoms with Crippen molar-refractivity contribution in [2.45, 2.75) is 38.4 Å². The molecule has 9 heteroatoms. The summed E-state index contributed by atoms with van der Waals surface area (Å²) in [6, 6.07) is 11.4. The second-order valence-corrected chi connectivity index (χ2v) is 9.25. The number of hydrogen-bond donors (Lipinski definition) is 1. The molecule has 0 unspecified atom stereocenters. The fraction of sp³-hybridized carbons (Fsp3) is 0.429. The number of carbonyl (C=O) groups is 2. The Labute approximate surface area is 217 Å². The molecule has 194 valence electrons. The highest BCUT2D eigenvalue weighted by Gasteiger charge is 2.21. The number of carbonyl (C=O) groups excluding carboxylic acids is 2. The van der Waals surface area contributed by atoms with Crippen molar-refractivity contribution in [3.63, 3.8) is 0 Å². The number of ketones is 1. The lowest BCUT2D eigenvalue weighted by Crippen LogP contribution is -2.34. The molecule has 0 atom stereocenters. The summed E-state index contributed by atoms with van der Waals surface area (Å²) in [4.78, 5) is 32.5. The number of amides is 1. The van der Waals surface area contributed by atoms with E-state index in [1.54, 1.807) is 18.3 Å². The maximum atomic E-state index is 13.3. The fourth-order valence-electron chi connectivity index (χ4n) is 4.61. The van der Waals surface area contributed by atoms with Gasteiger partial charge in [0.25, 0.3) is 0 Å². The third-order valence-corrected chi connectivity index (χ3v) is 6.72. The van der Waals surface area contributed by atoms with Crippen molar-refractivity contribution in [3.05, 3.63) is 59.4 Å². The van der Waals surface area contributed by atoms with Crippen LogP contribution in [0.2, 0.25) is 0 Å². The first-order chi connectivity index (χ1) is 18.0. The van der Waals surface area contributed by atoms with E-state index in [-0.39, 0.29) is 24.7 Å². The Morgan fingerprint density at radius 2 is 1.86 bits per heavy atom. The Bertz CT molecular complexity index is 1270. The van der Waals surface area contributed by atoms with Crippen LogP contribution in [0.5, 0.6) is 0 Å². The number of nitrogens with one attached hydrogen (secondary N) is 1. The molecule has 3 aromatic rings. The predicted octanol–water partition coefficient (Wildman–Crippen LogP) is 3.23. The molecule has 3 heterocycles. The van der Waals surface area contributed by atoms with Crippen molar-refractivity contribution in [2.75, 3.05) is 40.4 Å². The number of methoxy groups -OCH3 is 2. The number of benzene rings is 1. The Balaban J connectivity index is 1.58. The topological polar surface area (TPSA) is 109 Å². The van der Waals surface area contributed by atoms with Crippen LogP contribution in [0.4, 0.5) is 0 Å². The molecular formula is C28H33N5O4. The Kier molecular flexibility index (Phi) is 9.01. The van der Waals surface area contributed by atoms with Gasteiger partial charge in [0.1, 0.15) is 0 Å². The van der Waals surface area contributed by atoms with E-state index in [0.29, 0.717) is 29.6 Å². The summed E-state index contributed by atoms with van der Waals surface area (Å²) in [7, 11) is 3.05. The number of piperidine rings is 1. The minimum Gasteiger partial charge on any atom is -0.354 e. The maximum Gasteiger partial charge on any atom is 0.220 e. The molecule has 1 N–H and O–H groups in total. The van der Waals surface area contributed by atoms with E-state index in [9.17, 15) is 14.9 Å². The fourth-order valence-corrected chi connectivity index (χ4v) is 4.61. The number of hydrogen-bond acceptors (Lipinski definition) is 7. The lowest BCUT2D eigenvalue weighted by Gasteiger charge is -2.25. The maximum absolute atomic E-state index is 13.3. The number of rotatable bonds is 11. The van der Waals surface area contributed by atoms with Gasteiger partial charge in [-0.15, -0.1) is 0 Å². The molecule has 0 saturated carbocycles. The molecule has 2 aromatic heterocycles. The van der Waals surface area contributed by atoms with Crippen LogP contribution in [0.15, 0.2) is 42.7 Å². The monoisotopic (exact) mass is 503 g/mol. The third-order valence-electron chi connectivity index (χ3n) is 6.72. The highest BCUT2D eigenvalue weighted by atomic mass is 16.7. The minimum absolute atomic E-state index is 0.0461. The Morgan fingerprint density at radius 3 is 2.54 bits per heavy atom. The van der Waals surface area contributed by atoms with Crippen LogP contribution in [-0.2, 0) is 20.7 Å². The number of ether oxygens (including phenoxy) is 2. The summed E-state index contributed by atoms with van der Waals surface area (Å²) < 4.78 is 12.1. The van der Waals surface area contributed by atoms with E-state index in [2.05, 4.69) is 21.3 Å². The molecule has 4 rings (SSSR count). The molecule has 37 heavy (non-hydrogen) atoms. The van der Waals surface area contributed by atoms with Gasteiger partial charge in [0.05, 0.1) is 41.3 Å². The number of pyridine rings is 1. The van der Waals surface area contributed by atoms with Gasteiger partial charge in [0.15, 0.2) is 12.1 Å². The van der Waals surface area contributed by atoms with Crippen LogP contribution in [0.25, 0.3) is 16.7 Å². The van der Waals surface area contributed by atoms with E-state index >= 15 is 0 Å². The quantitative estimate of drug-likeness (QED) is 0.316. The van der Waals surface area contributed by atoms with E-state index < -0.39 is 6.29 Å². The summed E-state index contributed by atoms with van der Waals surface area (Å²) in [5.41, 5.74) is 4.31. The molecule has 0 spiro atoms.